The first-order chi connectivity index (χ1) is 15.5. The van der Waals surface area contributed by atoms with Gasteiger partial charge >= 0.3 is 0 Å². The summed E-state index contributed by atoms with van der Waals surface area (Å²) < 4.78 is 17.2. The number of ether oxygens (including phenoxy) is 3. The molecule has 8 heteroatoms. The van der Waals surface area contributed by atoms with E-state index in [0.29, 0.717) is 60.8 Å². The van der Waals surface area contributed by atoms with Crippen LogP contribution in [-0.4, -0.2) is 40.0 Å². The van der Waals surface area contributed by atoms with Crippen LogP contribution in [0.25, 0.3) is 0 Å². The van der Waals surface area contributed by atoms with Crippen molar-refractivity contribution >= 4 is 11.6 Å². The highest BCUT2D eigenvalue weighted by Gasteiger charge is 2.30. The number of nitrogens with zero attached hydrogens (tertiary/aromatic N) is 2. The predicted molar refractivity (Wildman–Crippen MR) is 121 cm³/mol. The van der Waals surface area contributed by atoms with E-state index in [1.807, 2.05) is 19.9 Å². The van der Waals surface area contributed by atoms with E-state index in [1.54, 1.807) is 6.07 Å². The molecule has 0 amide bonds. The molecular formula is C24H31ClN2O5. The number of halogens is 1. The van der Waals surface area contributed by atoms with Gasteiger partial charge in [0.15, 0.2) is 0 Å². The highest BCUT2D eigenvalue weighted by molar-refractivity contribution is 6.31. The normalized spacial score (nSPS) is 22.1. The summed E-state index contributed by atoms with van der Waals surface area (Å²) in [6.45, 7) is 5.32. The lowest BCUT2D eigenvalue weighted by molar-refractivity contribution is 0.116. The minimum absolute atomic E-state index is 0.212. The SMILES string of the molecule is CCOc1cc(Cl)c2c(n1)C(O)CC(CCOc1cc(OCC)c3c(n1)C(O)CCC3)C2. The summed E-state index contributed by atoms with van der Waals surface area (Å²) in [5.41, 5.74) is 3.15. The van der Waals surface area contributed by atoms with Crippen molar-refractivity contribution in [3.05, 3.63) is 39.7 Å². The molecule has 3 unspecified atom stereocenters. The predicted octanol–water partition coefficient (Wildman–Crippen LogP) is 4.36. The minimum atomic E-state index is -0.678. The van der Waals surface area contributed by atoms with Crippen LogP contribution in [0.1, 0.15) is 74.3 Å². The van der Waals surface area contributed by atoms with Crippen molar-refractivity contribution in [2.24, 2.45) is 5.92 Å². The van der Waals surface area contributed by atoms with Crippen molar-refractivity contribution in [3.63, 3.8) is 0 Å². The molecule has 0 spiro atoms. The van der Waals surface area contributed by atoms with Gasteiger partial charge in [0.1, 0.15) is 5.75 Å². The number of rotatable bonds is 8. The van der Waals surface area contributed by atoms with E-state index in [1.165, 1.54) is 0 Å². The second-order valence-electron chi connectivity index (χ2n) is 8.36. The van der Waals surface area contributed by atoms with E-state index in [4.69, 9.17) is 25.8 Å². The van der Waals surface area contributed by atoms with Crippen LogP contribution < -0.4 is 14.2 Å². The van der Waals surface area contributed by atoms with Gasteiger partial charge in [-0.1, -0.05) is 11.6 Å². The molecule has 4 rings (SSSR count). The van der Waals surface area contributed by atoms with Gasteiger partial charge in [-0.05, 0) is 63.9 Å². The first kappa shape index (κ1) is 23.1. The third-order valence-electron chi connectivity index (χ3n) is 6.12. The Morgan fingerprint density at radius 3 is 2.44 bits per heavy atom. The minimum Gasteiger partial charge on any atom is -0.493 e. The second kappa shape index (κ2) is 10.2. The van der Waals surface area contributed by atoms with Crippen LogP contribution in [0.5, 0.6) is 17.5 Å². The van der Waals surface area contributed by atoms with E-state index in [-0.39, 0.29) is 5.92 Å². The van der Waals surface area contributed by atoms with Crippen LogP contribution in [0.2, 0.25) is 5.02 Å². The van der Waals surface area contributed by atoms with Gasteiger partial charge in [0.2, 0.25) is 11.8 Å². The molecule has 2 aromatic heterocycles. The third-order valence-corrected chi connectivity index (χ3v) is 6.46. The Balaban J connectivity index is 1.42. The quantitative estimate of drug-likeness (QED) is 0.601. The number of pyridine rings is 2. The fourth-order valence-corrected chi connectivity index (χ4v) is 4.89. The molecule has 2 aliphatic rings. The van der Waals surface area contributed by atoms with Gasteiger partial charge in [-0.3, -0.25) is 0 Å². The average Bonchev–Trinajstić information content (AvgIpc) is 2.76. The number of hydrogen-bond acceptors (Lipinski definition) is 7. The molecule has 0 fully saturated rings. The molecule has 0 radical (unpaired) electrons. The van der Waals surface area contributed by atoms with Crippen molar-refractivity contribution in [2.45, 2.75) is 64.6 Å². The number of aliphatic hydroxyl groups excluding tert-OH is 2. The lowest BCUT2D eigenvalue weighted by Gasteiger charge is -2.29. The Hall–Kier alpha value is -2.09. The Labute approximate surface area is 193 Å². The first-order valence-electron chi connectivity index (χ1n) is 11.5. The second-order valence-corrected chi connectivity index (χ2v) is 8.77. The Kier molecular flexibility index (Phi) is 7.38. The largest absolute Gasteiger partial charge is 0.493 e. The van der Waals surface area contributed by atoms with Gasteiger partial charge in [-0.15, -0.1) is 0 Å². The number of hydrogen-bond donors (Lipinski definition) is 2. The summed E-state index contributed by atoms with van der Waals surface area (Å²) in [6.07, 6.45) is 3.29. The van der Waals surface area contributed by atoms with Crippen LogP contribution in [-0.2, 0) is 12.8 Å². The van der Waals surface area contributed by atoms with Gasteiger partial charge in [-0.25, -0.2) is 9.97 Å². The van der Waals surface area contributed by atoms with E-state index in [9.17, 15) is 10.2 Å². The lowest BCUT2D eigenvalue weighted by atomic mass is 9.83. The zero-order valence-electron chi connectivity index (χ0n) is 18.6. The number of fused-ring (bicyclic) bond motifs is 2. The van der Waals surface area contributed by atoms with Gasteiger partial charge in [0, 0.05) is 17.7 Å². The molecule has 0 saturated heterocycles. The summed E-state index contributed by atoms with van der Waals surface area (Å²) in [5, 5.41) is 21.6. The Morgan fingerprint density at radius 1 is 0.969 bits per heavy atom. The molecule has 2 N–H and O–H groups in total. The van der Waals surface area contributed by atoms with Crippen LogP contribution in [0, 0.1) is 5.92 Å². The van der Waals surface area contributed by atoms with Gasteiger partial charge in [-0.2, -0.15) is 0 Å². The molecule has 0 aliphatic heterocycles. The summed E-state index contributed by atoms with van der Waals surface area (Å²) in [7, 11) is 0. The van der Waals surface area contributed by atoms with Gasteiger partial charge in [0.05, 0.1) is 48.4 Å². The Morgan fingerprint density at radius 2 is 1.69 bits per heavy atom. The van der Waals surface area contributed by atoms with E-state index in [2.05, 4.69) is 9.97 Å². The van der Waals surface area contributed by atoms with Crippen LogP contribution >= 0.6 is 11.6 Å². The van der Waals surface area contributed by atoms with Gasteiger partial charge < -0.3 is 24.4 Å². The van der Waals surface area contributed by atoms with Crippen molar-refractivity contribution in [3.8, 4) is 17.5 Å². The topological polar surface area (TPSA) is 93.9 Å². The fourth-order valence-electron chi connectivity index (χ4n) is 4.62. The maximum atomic E-state index is 10.6. The van der Waals surface area contributed by atoms with E-state index in [0.717, 1.165) is 42.6 Å². The fraction of sp³-hybridized carbons (Fsp3) is 0.583. The van der Waals surface area contributed by atoms with Crippen LogP contribution in [0.15, 0.2) is 12.1 Å². The van der Waals surface area contributed by atoms with Crippen molar-refractivity contribution in [1.82, 2.24) is 9.97 Å². The molecule has 0 aromatic carbocycles. The van der Waals surface area contributed by atoms with Crippen molar-refractivity contribution in [1.29, 1.82) is 0 Å². The average molecular weight is 463 g/mol. The standard InChI is InChI=1S/C24H31ClN2O5/c1-3-30-20-13-22(27-23-15(20)6-5-7-18(23)28)32-9-8-14-10-16-17(25)12-21(31-4-2)26-24(16)19(29)11-14/h12-14,18-19,28-29H,3-11H2,1-2H3. The Bertz CT molecular complexity index is 954. The van der Waals surface area contributed by atoms with Gasteiger partial charge in [0.25, 0.3) is 0 Å². The van der Waals surface area contributed by atoms with Crippen LogP contribution in [0.3, 0.4) is 0 Å². The van der Waals surface area contributed by atoms with E-state index < -0.39 is 12.2 Å². The molecule has 3 atom stereocenters. The molecule has 32 heavy (non-hydrogen) atoms. The van der Waals surface area contributed by atoms with E-state index >= 15 is 0 Å². The monoisotopic (exact) mass is 462 g/mol. The molecule has 0 bridgehead atoms. The summed E-state index contributed by atoms with van der Waals surface area (Å²) >= 11 is 6.46. The maximum absolute atomic E-state index is 10.6. The zero-order chi connectivity index (χ0) is 22.7. The molecule has 0 saturated carbocycles. The molecule has 174 valence electrons. The molecule has 2 aliphatic carbocycles. The highest BCUT2D eigenvalue weighted by atomic mass is 35.5. The zero-order valence-corrected chi connectivity index (χ0v) is 19.4. The smallest absolute Gasteiger partial charge is 0.217 e. The summed E-state index contributed by atoms with van der Waals surface area (Å²) in [5.74, 6) is 1.87. The molecular weight excluding hydrogens is 432 g/mol. The number of aliphatic hydroxyl groups is 2. The van der Waals surface area contributed by atoms with Crippen molar-refractivity contribution < 1.29 is 24.4 Å². The number of aromatic nitrogens is 2. The van der Waals surface area contributed by atoms with Crippen molar-refractivity contribution in [2.75, 3.05) is 19.8 Å². The first-order valence-corrected chi connectivity index (χ1v) is 11.9. The molecule has 7 nitrogen and oxygen atoms in total. The third kappa shape index (κ3) is 4.95. The summed E-state index contributed by atoms with van der Waals surface area (Å²) in [4.78, 5) is 9.01. The molecule has 2 aromatic rings. The maximum Gasteiger partial charge on any atom is 0.217 e. The highest BCUT2D eigenvalue weighted by Crippen LogP contribution is 2.39. The molecule has 2 heterocycles. The van der Waals surface area contributed by atoms with Crippen LogP contribution in [0.4, 0.5) is 0 Å². The lowest BCUT2D eigenvalue weighted by Crippen LogP contribution is -2.22. The summed E-state index contributed by atoms with van der Waals surface area (Å²) in [6, 6.07) is 3.54.